The lowest BCUT2D eigenvalue weighted by Gasteiger charge is -2.41. The van der Waals surface area contributed by atoms with Gasteiger partial charge in [0.25, 0.3) is 0 Å². The molecule has 3 aliphatic heterocycles. The highest BCUT2D eigenvalue weighted by molar-refractivity contribution is 5.79. The van der Waals surface area contributed by atoms with Crippen LogP contribution in [0.5, 0.6) is 0 Å². The van der Waals surface area contributed by atoms with Crippen molar-refractivity contribution in [1.82, 2.24) is 0 Å². The Labute approximate surface area is 178 Å². The fourth-order valence-corrected chi connectivity index (χ4v) is 5.58. The number of benzene rings is 2. The van der Waals surface area contributed by atoms with Crippen LogP contribution in [0, 0.1) is 13.8 Å². The summed E-state index contributed by atoms with van der Waals surface area (Å²) in [7, 11) is 0. The van der Waals surface area contributed by atoms with Gasteiger partial charge in [0.05, 0.1) is 23.9 Å². The lowest BCUT2D eigenvalue weighted by atomic mass is 9.84. The van der Waals surface area contributed by atoms with Crippen LogP contribution in [0.4, 0.5) is 5.69 Å². The molecule has 2 aromatic carbocycles. The van der Waals surface area contributed by atoms with Crippen molar-refractivity contribution >= 4 is 11.8 Å². The van der Waals surface area contributed by atoms with Crippen molar-refractivity contribution in [3.8, 4) is 0 Å². The van der Waals surface area contributed by atoms with Gasteiger partial charge in [-0.15, -0.1) is 0 Å². The molecule has 152 valence electrons. The second-order valence-corrected chi connectivity index (χ2v) is 8.97. The third kappa shape index (κ3) is 2.55. The van der Waals surface area contributed by atoms with Crippen LogP contribution in [-0.4, -0.2) is 18.4 Å². The maximum Gasteiger partial charge on any atom is 0.220 e. The molecule has 1 aliphatic carbocycles. The number of hydrogen-bond donors (Lipinski definition) is 0. The Balaban J connectivity index is 1.49. The molecule has 0 aromatic heterocycles. The highest BCUT2D eigenvalue weighted by atomic mass is 16.7. The van der Waals surface area contributed by atoms with Crippen molar-refractivity contribution in [1.29, 1.82) is 0 Å². The van der Waals surface area contributed by atoms with Gasteiger partial charge in [0.1, 0.15) is 0 Å². The number of rotatable bonds is 1. The Morgan fingerprint density at radius 2 is 1.87 bits per heavy atom. The quantitative estimate of drug-likeness (QED) is 0.555. The van der Waals surface area contributed by atoms with Gasteiger partial charge in [0.2, 0.25) is 6.29 Å². The molecular formula is C27H27NO2. The smallest absolute Gasteiger partial charge is 0.220 e. The molecule has 3 heterocycles. The normalized spacial score (nSPS) is 31.9. The monoisotopic (exact) mass is 397 g/mol. The summed E-state index contributed by atoms with van der Waals surface area (Å²) >= 11 is 0. The fourth-order valence-electron chi connectivity index (χ4n) is 5.58. The minimum atomic E-state index is -0.311. The molecule has 4 aliphatic rings. The van der Waals surface area contributed by atoms with E-state index in [1.54, 1.807) is 0 Å². The molecule has 0 amide bonds. The molecule has 6 rings (SSSR count). The predicted molar refractivity (Wildman–Crippen MR) is 120 cm³/mol. The summed E-state index contributed by atoms with van der Waals surface area (Å²) in [6, 6.07) is 14.0. The number of hydrogen-bond acceptors (Lipinski definition) is 3. The van der Waals surface area contributed by atoms with Gasteiger partial charge in [-0.3, -0.25) is 0 Å². The molecule has 0 saturated heterocycles. The fraction of sp³-hybridized carbons (Fsp3) is 0.333. The molecule has 5 atom stereocenters. The Hall–Kier alpha value is -2.78. The number of para-hydroxylation sites is 1. The second-order valence-electron chi connectivity index (χ2n) is 8.97. The molecule has 30 heavy (non-hydrogen) atoms. The number of ether oxygens (including phenoxy) is 2. The zero-order valence-corrected chi connectivity index (χ0v) is 17.9. The van der Waals surface area contributed by atoms with Crippen molar-refractivity contribution in [3.63, 3.8) is 0 Å². The molecule has 4 unspecified atom stereocenters. The Morgan fingerprint density at radius 3 is 2.70 bits per heavy atom. The number of fused-ring (bicyclic) bond motifs is 8. The highest BCUT2D eigenvalue weighted by Gasteiger charge is 2.56. The van der Waals surface area contributed by atoms with E-state index in [2.05, 4.69) is 80.3 Å². The largest absolute Gasteiger partial charge is 0.466 e. The van der Waals surface area contributed by atoms with Gasteiger partial charge in [-0.1, -0.05) is 42.5 Å². The maximum absolute atomic E-state index is 6.04. The Bertz CT molecular complexity index is 1140. The van der Waals surface area contributed by atoms with Gasteiger partial charge in [0.15, 0.2) is 0 Å². The Morgan fingerprint density at radius 1 is 1.03 bits per heavy atom. The lowest BCUT2D eigenvalue weighted by molar-refractivity contribution is -0.119. The topological polar surface area (TPSA) is 21.7 Å². The van der Waals surface area contributed by atoms with Crippen LogP contribution in [-0.2, 0) is 9.47 Å². The first-order chi connectivity index (χ1) is 14.5. The predicted octanol–water partition coefficient (Wildman–Crippen LogP) is 5.95. The molecule has 1 fully saturated rings. The third-order valence-corrected chi connectivity index (χ3v) is 7.08. The van der Waals surface area contributed by atoms with E-state index < -0.39 is 0 Å². The molecule has 0 radical (unpaired) electrons. The van der Waals surface area contributed by atoms with Crippen LogP contribution in [0.2, 0.25) is 0 Å². The second kappa shape index (κ2) is 6.36. The third-order valence-electron chi connectivity index (χ3n) is 7.08. The van der Waals surface area contributed by atoms with Crippen LogP contribution in [0.25, 0.3) is 6.08 Å². The first kappa shape index (κ1) is 18.0. The van der Waals surface area contributed by atoms with Crippen molar-refractivity contribution in [2.24, 2.45) is 0 Å². The van der Waals surface area contributed by atoms with Crippen molar-refractivity contribution < 1.29 is 9.47 Å². The van der Waals surface area contributed by atoms with Crippen molar-refractivity contribution in [2.45, 2.75) is 58.1 Å². The minimum absolute atomic E-state index is 0.0740. The van der Waals surface area contributed by atoms with Crippen LogP contribution < -0.4 is 4.90 Å². The molecule has 1 saturated carbocycles. The van der Waals surface area contributed by atoms with E-state index in [4.69, 9.17) is 9.47 Å². The molecular weight excluding hydrogens is 370 g/mol. The van der Waals surface area contributed by atoms with E-state index in [1.807, 2.05) is 13.0 Å². The number of aryl methyl sites for hydroxylation is 1. The van der Waals surface area contributed by atoms with E-state index in [9.17, 15) is 0 Å². The van der Waals surface area contributed by atoms with Gasteiger partial charge in [-0.05, 0) is 79.3 Å². The van der Waals surface area contributed by atoms with E-state index in [1.165, 1.54) is 39.1 Å². The summed E-state index contributed by atoms with van der Waals surface area (Å²) in [5, 5.41) is 0. The van der Waals surface area contributed by atoms with E-state index in [0.29, 0.717) is 12.0 Å². The molecule has 3 nitrogen and oxygen atoms in total. The first-order valence-electron chi connectivity index (χ1n) is 10.9. The summed E-state index contributed by atoms with van der Waals surface area (Å²) in [5.74, 6) is 1.35. The summed E-state index contributed by atoms with van der Waals surface area (Å²) < 4.78 is 12.0. The molecule has 0 spiro atoms. The van der Waals surface area contributed by atoms with Crippen LogP contribution in [0.1, 0.15) is 53.6 Å². The number of anilines is 1. The minimum Gasteiger partial charge on any atom is -0.466 e. The number of nitrogens with zero attached hydrogens (tertiary/aromatic N) is 1. The van der Waals surface area contributed by atoms with Gasteiger partial charge in [-0.2, -0.15) is 0 Å². The van der Waals surface area contributed by atoms with Crippen LogP contribution in [0.3, 0.4) is 0 Å². The SMILES string of the molecule is CC1=CC(C)O[C@H](/C=C2/C3c4ccc(C)c(C)c4C4C=Cc5ccccc5N4C23)O1. The van der Waals surface area contributed by atoms with Crippen LogP contribution in [0.15, 0.2) is 66.0 Å². The molecule has 3 heteroatoms. The van der Waals surface area contributed by atoms with Gasteiger partial charge >= 0.3 is 0 Å². The average Bonchev–Trinajstić information content (AvgIpc) is 3.42. The van der Waals surface area contributed by atoms with E-state index >= 15 is 0 Å². The van der Waals surface area contributed by atoms with Gasteiger partial charge in [-0.25, -0.2) is 0 Å². The summed E-state index contributed by atoms with van der Waals surface area (Å²) in [6.45, 7) is 8.57. The molecule has 2 aromatic rings. The zero-order valence-electron chi connectivity index (χ0n) is 17.9. The summed E-state index contributed by atoms with van der Waals surface area (Å²) in [6.07, 6.45) is 8.68. The lowest BCUT2D eigenvalue weighted by Crippen LogP contribution is -2.37. The van der Waals surface area contributed by atoms with Crippen molar-refractivity contribution in [2.75, 3.05) is 4.90 Å². The summed E-state index contributed by atoms with van der Waals surface area (Å²) in [5.41, 5.74) is 9.75. The van der Waals surface area contributed by atoms with E-state index in [0.717, 1.165) is 5.76 Å². The summed E-state index contributed by atoms with van der Waals surface area (Å²) in [4.78, 5) is 2.62. The van der Waals surface area contributed by atoms with E-state index in [-0.39, 0.29) is 18.4 Å². The Kier molecular flexibility index (Phi) is 3.82. The molecule has 0 N–H and O–H groups in total. The highest BCUT2D eigenvalue weighted by Crippen LogP contribution is 2.61. The van der Waals surface area contributed by atoms with Gasteiger partial charge < -0.3 is 14.4 Å². The van der Waals surface area contributed by atoms with Gasteiger partial charge in [0, 0.05) is 11.6 Å². The standard InChI is InChI=1S/C27H27NO2/c1-15-9-11-20-25(18(15)4)23-12-10-19-7-5-6-8-22(19)28(23)27-21(26(20)27)14-24-29-16(2)13-17(3)30-24/h5-14,16,23-24,26-27H,1-4H3/b21-14-/t16?,23?,24-,26?,27?/m0/s1. The maximum atomic E-state index is 6.04. The van der Waals surface area contributed by atoms with Crippen LogP contribution >= 0.6 is 0 Å². The number of allylic oxidation sites excluding steroid dienone is 1. The zero-order chi connectivity index (χ0) is 20.6. The molecule has 0 bridgehead atoms. The average molecular weight is 398 g/mol. The first-order valence-corrected chi connectivity index (χ1v) is 10.9. The van der Waals surface area contributed by atoms with Crippen molar-refractivity contribution in [3.05, 3.63) is 93.8 Å².